The van der Waals surface area contributed by atoms with Crippen molar-refractivity contribution in [1.29, 1.82) is 0 Å². The van der Waals surface area contributed by atoms with Crippen LogP contribution in [0.25, 0.3) is 0 Å². The molecule has 104 valence electrons. The van der Waals surface area contributed by atoms with Gasteiger partial charge >= 0.3 is 6.09 Å². The third kappa shape index (κ3) is 4.08. The van der Waals surface area contributed by atoms with Crippen molar-refractivity contribution in [2.45, 2.75) is 45.1 Å². The normalized spacial score (nSPS) is 15.2. The van der Waals surface area contributed by atoms with E-state index in [1.165, 1.54) is 0 Å². The largest absolute Gasteiger partial charge is 0.444 e. The van der Waals surface area contributed by atoms with E-state index in [0.29, 0.717) is 21.2 Å². The van der Waals surface area contributed by atoms with E-state index in [0.717, 1.165) is 18.5 Å². The molecular weight excluding hydrogens is 332 g/mol. The number of rotatable bonds is 2. The number of ether oxygens (including phenoxy) is 1. The summed E-state index contributed by atoms with van der Waals surface area (Å²) in [6.07, 6.45) is 1.72. The summed E-state index contributed by atoms with van der Waals surface area (Å²) in [7, 11) is 0. The van der Waals surface area contributed by atoms with E-state index in [-0.39, 0.29) is 0 Å². The third-order valence-corrected chi connectivity index (χ3v) is 3.46. The Morgan fingerprint density at radius 3 is 2.68 bits per heavy atom. The van der Waals surface area contributed by atoms with Gasteiger partial charge in [0.25, 0.3) is 0 Å². The van der Waals surface area contributed by atoms with Crippen LogP contribution in [0.4, 0.5) is 10.5 Å². The minimum atomic E-state index is -0.540. The van der Waals surface area contributed by atoms with Gasteiger partial charge in [0.2, 0.25) is 0 Å². The summed E-state index contributed by atoms with van der Waals surface area (Å²) in [6.45, 7) is 5.43. The molecule has 0 spiro atoms. The highest BCUT2D eigenvalue weighted by molar-refractivity contribution is 9.10. The monoisotopic (exact) mass is 346 g/mol. The van der Waals surface area contributed by atoms with Gasteiger partial charge in [-0.3, -0.25) is 5.32 Å². The number of halogens is 2. The average molecular weight is 348 g/mol. The number of hydrogen-bond donors (Lipinski definition) is 1. The molecule has 0 bridgehead atoms. The van der Waals surface area contributed by atoms with Gasteiger partial charge in [0.05, 0.1) is 16.4 Å². The highest BCUT2D eigenvalue weighted by atomic mass is 79.9. The van der Waals surface area contributed by atoms with Crippen molar-refractivity contribution in [3.05, 3.63) is 21.4 Å². The highest BCUT2D eigenvalue weighted by Gasteiger charge is 2.28. The number of nitrogens with zero attached hydrogens (tertiary/aromatic N) is 1. The lowest BCUT2D eigenvalue weighted by Crippen LogP contribution is -2.27. The van der Waals surface area contributed by atoms with Crippen LogP contribution in [0, 0.1) is 0 Å². The van der Waals surface area contributed by atoms with Gasteiger partial charge < -0.3 is 4.74 Å². The molecule has 1 amide bonds. The molecule has 19 heavy (non-hydrogen) atoms. The maximum absolute atomic E-state index is 11.7. The van der Waals surface area contributed by atoms with Crippen molar-refractivity contribution in [2.75, 3.05) is 5.32 Å². The molecule has 0 aliphatic heterocycles. The van der Waals surface area contributed by atoms with Crippen LogP contribution in [0.15, 0.2) is 10.7 Å². The van der Waals surface area contributed by atoms with E-state index < -0.39 is 11.7 Å². The number of hydrogen-bond acceptors (Lipinski definition) is 3. The predicted molar refractivity (Wildman–Crippen MR) is 78.8 cm³/mol. The number of carbonyl (C=O) groups excluding carboxylic acids is 1. The summed E-state index contributed by atoms with van der Waals surface area (Å²) in [5, 5.41) is 3.22. The van der Waals surface area contributed by atoms with Gasteiger partial charge in [-0.1, -0.05) is 11.6 Å². The fourth-order valence-electron chi connectivity index (χ4n) is 1.62. The smallest absolute Gasteiger partial charge is 0.412 e. The van der Waals surface area contributed by atoms with Gasteiger partial charge in [-0.2, -0.15) is 0 Å². The van der Waals surface area contributed by atoms with Gasteiger partial charge in [0, 0.05) is 5.92 Å². The summed E-state index contributed by atoms with van der Waals surface area (Å²) in [6, 6.07) is 1.70. The maximum Gasteiger partial charge on any atom is 0.412 e. The number of amides is 1. The molecular formula is C13H16BrClN2O2. The van der Waals surface area contributed by atoms with E-state index in [4.69, 9.17) is 16.3 Å². The summed E-state index contributed by atoms with van der Waals surface area (Å²) in [5.41, 5.74) is 0.869. The maximum atomic E-state index is 11.7. The van der Waals surface area contributed by atoms with Gasteiger partial charge in [0.15, 0.2) is 0 Å². The summed E-state index contributed by atoms with van der Waals surface area (Å²) < 4.78 is 5.76. The van der Waals surface area contributed by atoms with Crippen LogP contribution in [0.2, 0.25) is 5.02 Å². The molecule has 0 aromatic carbocycles. The van der Waals surface area contributed by atoms with Gasteiger partial charge in [-0.15, -0.1) is 0 Å². The lowest BCUT2D eigenvalue weighted by molar-refractivity contribution is 0.0636. The standard InChI is InChI=1S/C13H16BrClN2O2/c1-13(2,3)19-12(18)16-9-6-8(15)10(7-4-5-7)17-11(9)14/h6-7H,4-5H2,1-3H3,(H,16,18). The van der Waals surface area contributed by atoms with Crippen molar-refractivity contribution in [1.82, 2.24) is 4.98 Å². The van der Waals surface area contributed by atoms with Gasteiger partial charge in [0.1, 0.15) is 10.2 Å². The Bertz CT molecular complexity index is 510. The van der Waals surface area contributed by atoms with E-state index in [1.807, 2.05) is 20.8 Å². The Labute approximate surface area is 126 Å². The van der Waals surface area contributed by atoms with E-state index in [2.05, 4.69) is 26.2 Å². The van der Waals surface area contributed by atoms with Crippen molar-refractivity contribution >= 4 is 39.3 Å². The molecule has 1 aliphatic carbocycles. The van der Waals surface area contributed by atoms with Crippen LogP contribution in [-0.2, 0) is 4.74 Å². The van der Waals surface area contributed by atoms with Crippen LogP contribution < -0.4 is 5.32 Å². The Balaban J connectivity index is 2.12. The SMILES string of the molecule is CC(C)(C)OC(=O)Nc1cc(Cl)c(C2CC2)nc1Br. The molecule has 1 aromatic heterocycles. The summed E-state index contributed by atoms with van der Waals surface area (Å²) in [5.74, 6) is 0.458. The molecule has 1 N–H and O–H groups in total. The van der Waals surface area contributed by atoms with Crippen molar-refractivity contribution in [2.24, 2.45) is 0 Å². The van der Waals surface area contributed by atoms with E-state index in [1.54, 1.807) is 6.07 Å². The van der Waals surface area contributed by atoms with Crippen molar-refractivity contribution in [3.63, 3.8) is 0 Å². The molecule has 1 aromatic rings. The number of pyridine rings is 1. The zero-order chi connectivity index (χ0) is 14.2. The quantitative estimate of drug-likeness (QED) is 0.787. The first-order valence-corrected chi connectivity index (χ1v) is 7.29. The van der Waals surface area contributed by atoms with Crippen LogP contribution in [0.3, 0.4) is 0 Å². The lowest BCUT2D eigenvalue weighted by atomic mass is 10.2. The Kier molecular flexibility index (Phi) is 4.06. The second kappa shape index (κ2) is 5.29. The first kappa shape index (κ1) is 14.6. The molecule has 0 atom stereocenters. The predicted octanol–water partition coefficient (Wildman–Crippen LogP) is 4.72. The van der Waals surface area contributed by atoms with E-state index >= 15 is 0 Å². The molecule has 1 aliphatic rings. The van der Waals surface area contributed by atoms with Gasteiger partial charge in [-0.25, -0.2) is 9.78 Å². The molecule has 1 fully saturated rings. The fourth-order valence-corrected chi connectivity index (χ4v) is 2.33. The number of nitrogens with one attached hydrogen (secondary N) is 1. The van der Waals surface area contributed by atoms with Gasteiger partial charge in [-0.05, 0) is 55.6 Å². The zero-order valence-corrected chi connectivity index (χ0v) is 13.4. The second-order valence-corrected chi connectivity index (χ2v) is 6.75. The van der Waals surface area contributed by atoms with Crippen LogP contribution in [-0.4, -0.2) is 16.7 Å². The number of aromatic nitrogens is 1. The molecule has 2 rings (SSSR count). The van der Waals surface area contributed by atoms with Crippen molar-refractivity contribution in [3.8, 4) is 0 Å². The average Bonchev–Trinajstić information content (AvgIpc) is 3.03. The third-order valence-electron chi connectivity index (χ3n) is 2.56. The molecule has 0 radical (unpaired) electrons. The number of anilines is 1. The summed E-state index contributed by atoms with van der Waals surface area (Å²) >= 11 is 9.52. The first-order valence-electron chi connectivity index (χ1n) is 6.12. The molecule has 1 saturated carbocycles. The first-order chi connectivity index (χ1) is 8.76. The Hall–Kier alpha value is -0.810. The van der Waals surface area contributed by atoms with E-state index in [9.17, 15) is 4.79 Å². The minimum absolute atomic E-state index is 0.458. The summed E-state index contributed by atoms with van der Waals surface area (Å²) in [4.78, 5) is 16.1. The lowest BCUT2D eigenvalue weighted by Gasteiger charge is -2.20. The fraction of sp³-hybridized carbons (Fsp3) is 0.538. The topological polar surface area (TPSA) is 51.2 Å². The Morgan fingerprint density at radius 1 is 1.53 bits per heavy atom. The highest BCUT2D eigenvalue weighted by Crippen LogP contribution is 2.43. The minimum Gasteiger partial charge on any atom is -0.444 e. The Morgan fingerprint density at radius 2 is 2.16 bits per heavy atom. The van der Waals surface area contributed by atoms with Crippen LogP contribution in [0.1, 0.15) is 45.2 Å². The van der Waals surface area contributed by atoms with Crippen LogP contribution in [0.5, 0.6) is 0 Å². The zero-order valence-electron chi connectivity index (χ0n) is 11.1. The molecule has 6 heteroatoms. The molecule has 0 saturated heterocycles. The molecule has 1 heterocycles. The molecule has 4 nitrogen and oxygen atoms in total. The molecule has 0 unspecified atom stereocenters. The van der Waals surface area contributed by atoms with Crippen LogP contribution >= 0.6 is 27.5 Å². The van der Waals surface area contributed by atoms with Crippen molar-refractivity contribution < 1.29 is 9.53 Å². The second-order valence-electron chi connectivity index (χ2n) is 5.59. The number of carbonyl (C=O) groups is 1.